The lowest BCUT2D eigenvalue weighted by molar-refractivity contribution is 0.0500. The third kappa shape index (κ3) is 6.16. The summed E-state index contributed by atoms with van der Waals surface area (Å²) in [6.07, 6.45) is 0.371. The van der Waals surface area contributed by atoms with Gasteiger partial charge in [-0.25, -0.2) is 4.79 Å². The molecule has 1 rings (SSSR count). The van der Waals surface area contributed by atoms with Crippen LogP contribution in [-0.2, 0) is 4.74 Å². The Balaban J connectivity index is 2.65. The first-order chi connectivity index (χ1) is 10.2. The number of nitrogens with one attached hydrogen (secondary N) is 1. The average Bonchev–Trinajstić information content (AvgIpc) is 2.44. The van der Waals surface area contributed by atoms with Gasteiger partial charge in [-0.2, -0.15) is 0 Å². The van der Waals surface area contributed by atoms with Crippen molar-refractivity contribution in [3.63, 3.8) is 0 Å². The van der Waals surface area contributed by atoms with Crippen molar-refractivity contribution in [3.05, 3.63) is 29.8 Å². The summed E-state index contributed by atoms with van der Waals surface area (Å²) in [6.45, 7) is 7.32. The Bertz CT molecular complexity index is 520. The predicted octanol–water partition coefficient (Wildman–Crippen LogP) is 3.57. The Kier molecular flexibility index (Phi) is 6.40. The monoisotopic (exact) mass is 307 g/mol. The Morgan fingerprint density at radius 2 is 1.95 bits per heavy atom. The quantitative estimate of drug-likeness (QED) is 0.816. The highest BCUT2D eigenvalue weighted by molar-refractivity contribution is 5.97. The number of hydrogen-bond acceptors (Lipinski definition) is 4. The smallest absolute Gasteiger partial charge is 0.407 e. The molecular weight excluding hydrogens is 282 g/mol. The van der Waals surface area contributed by atoms with E-state index in [1.165, 1.54) is 0 Å². The van der Waals surface area contributed by atoms with E-state index >= 15 is 0 Å². The molecule has 1 amide bonds. The molecule has 0 saturated carbocycles. The van der Waals surface area contributed by atoms with Crippen LogP contribution >= 0.6 is 0 Å². The van der Waals surface area contributed by atoms with Crippen LogP contribution in [0.2, 0.25) is 0 Å². The minimum absolute atomic E-state index is 0.0400. The molecule has 0 aliphatic rings. The van der Waals surface area contributed by atoms with Crippen molar-refractivity contribution < 1.29 is 19.1 Å². The summed E-state index contributed by atoms with van der Waals surface area (Å²) in [7, 11) is 1.56. The summed E-state index contributed by atoms with van der Waals surface area (Å²) in [6, 6.07) is 6.74. The van der Waals surface area contributed by atoms with E-state index in [2.05, 4.69) is 5.32 Å². The Labute approximate surface area is 132 Å². The van der Waals surface area contributed by atoms with Gasteiger partial charge in [0.1, 0.15) is 11.4 Å². The lowest BCUT2D eigenvalue weighted by atomic mass is 10.0. The van der Waals surface area contributed by atoms with Gasteiger partial charge in [-0.05, 0) is 39.3 Å². The second kappa shape index (κ2) is 7.82. The molecule has 1 aromatic rings. The molecule has 0 heterocycles. The number of ether oxygens (including phenoxy) is 2. The topological polar surface area (TPSA) is 64.6 Å². The van der Waals surface area contributed by atoms with E-state index in [-0.39, 0.29) is 18.2 Å². The first kappa shape index (κ1) is 18.0. The van der Waals surface area contributed by atoms with Crippen LogP contribution in [0.3, 0.4) is 0 Å². The van der Waals surface area contributed by atoms with E-state index in [1.807, 2.05) is 6.92 Å². The Hall–Kier alpha value is -2.04. The van der Waals surface area contributed by atoms with Crippen LogP contribution in [0.5, 0.6) is 5.75 Å². The fourth-order valence-corrected chi connectivity index (χ4v) is 1.91. The number of Topliss-reactive ketones (excluding diaryl/α,β-unsaturated/α-hetero) is 1. The van der Waals surface area contributed by atoms with E-state index in [1.54, 1.807) is 52.1 Å². The van der Waals surface area contributed by atoms with E-state index in [0.717, 1.165) is 0 Å². The van der Waals surface area contributed by atoms with Crippen molar-refractivity contribution in [1.82, 2.24) is 5.32 Å². The molecule has 0 aliphatic carbocycles. The van der Waals surface area contributed by atoms with Crippen LogP contribution in [0.25, 0.3) is 0 Å². The maximum atomic E-state index is 12.3. The SMILES string of the molecule is CCC(CC(=O)c1cccc(OC)c1)NC(=O)OC(C)(C)C. The number of methoxy groups -OCH3 is 1. The van der Waals surface area contributed by atoms with Crippen LogP contribution in [0.1, 0.15) is 50.9 Å². The molecule has 1 atom stereocenters. The normalized spacial score (nSPS) is 12.4. The summed E-state index contributed by atoms with van der Waals surface area (Å²) in [5.41, 5.74) is 0.0166. The summed E-state index contributed by atoms with van der Waals surface area (Å²) in [5.74, 6) is 0.598. The molecular formula is C17H25NO4. The minimum atomic E-state index is -0.556. The zero-order chi connectivity index (χ0) is 16.8. The lowest BCUT2D eigenvalue weighted by Crippen LogP contribution is -2.39. The zero-order valence-electron chi connectivity index (χ0n) is 13.9. The summed E-state index contributed by atoms with van der Waals surface area (Å²) in [4.78, 5) is 24.1. The molecule has 0 radical (unpaired) electrons. The number of ketones is 1. The van der Waals surface area contributed by atoms with Gasteiger partial charge in [0.15, 0.2) is 5.78 Å². The fraction of sp³-hybridized carbons (Fsp3) is 0.529. The third-order valence-corrected chi connectivity index (χ3v) is 3.04. The highest BCUT2D eigenvalue weighted by atomic mass is 16.6. The van der Waals surface area contributed by atoms with Crippen LogP contribution in [0, 0.1) is 0 Å². The van der Waals surface area contributed by atoms with Crippen LogP contribution in [0.4, 0.5) is 4.79 Å². The van der Waals surface area contributed by atoms with Crippen molar-refractivity contribution in [3.8, 4) is 5.75 Å². The van der Waals surface area contributed by atoms with E-state index in [4.69, 9.17) is 9.47 Å². The largest absolute Gasteiger partial charge is 0.497 e. The van der Waals surface area contributed by atoms with Gasteiger partial charge in [-0.15, -0.1) is 0 Å². The molecule has 122 valence electrons. The maximum Gasteiger partial charge on any atom is 0.407 e. The van der Waals surface area contributed by atoms with E-state index < -0.39 is 11.7 Å². The summed E-state index contributed by atoms with van der Waals surface area (Å²) in [5, 5.41) is 2.74. The van der Waals surface area contributed by atoms with Gasteiger partial charge in [0, 0.05) is 18.0 Å². The van der Waals surface area contributed by atoms with Crippen LogP contribution in [0.15, 0.2) is 24.3 Å². The highest BCUT2D eigenvalue weighted by Crippen LogP contribution is 2.15. The lowest BCUT2D eigenvalue weighted by Gasteiger charge is -2.22. The fourth-order valence-electron chi connectivity index (χ4n) is 1.91. The predicted molar refractivity (Wildman–Crippen MR) is 85.4 cm³/mol. The average molecular weight is 307 g/mol. The van der Waals surface area contributed by atoms with Crippen molar-refractivity contribution in [1.29, 1.82) is 0 Å². The molecule has 0 bridgehead atoms. The van der Waals surface area contributed by atoms with Gasteiger partial charge < -0.3 is 14.8 Å². The van der Waals surface area contributed by atoms with Crippen molar-refractivity contribution in [2.24, 2.45) is 0 Å². The Morgan fingerprint density at radius 1 is 1.27 bits per heavy atom. The molecule has 0 spiro atoms. The summed E-state index contributed by atoms with van der Waals surface area (Å²) >= 11 is 0. The molecule has 5 heteroatoms. The number of benzene rings is 1. The number of carbonyl (C=O) groups excluding carboxylic acids is 2. The Morgan fingerprint density at radius 3 is 2.50 bits per heavy atom. The zero-order valence-corrected chi connectivity index (χ0v) is 13.9. The molecule has 1 unspecified atom stereocenters. The number of hydrogen-bond donors (Lipinski definition) is 1. The number of amides is 1. The van der Waals surface area contributed by atoms with E-state index in [9.17, 15) is 9.59 Å². The number of rotatable bonds is 6. The van der Waals surface area contributed by atoms with Gasteiger partial charge in [0.25, 0.3) is 0 Å². The van der Waals surface area contributed by atoms with E-state index in [0.29, 0.717) is 17.7 Å². The van der Waals surface area contributed by atoms with Crippen molar-refractivity contribution >= 4 is 11.9 Å². The van der Waals surface area contributed by atoms with Gasteiger partial charge >= 0.3 is 6.09 Å². The molecule has 22 heavy (non-hydrogen) atoms. The third-order valence-electron chi connectivity index (χ3n) is 3.04. The molecule has 0 aromatic heterocycles. The first-order valence-corrected chi connectivity index (χ1v) is 7.42. The molecule has 0 aliphatic heterocycles. The van der Waals surface area contributed by atoms with Crippen molar-refractivity contribution in [2.75, 3.05) is 7.11 Å². The summed E-state index contributed by atoms with van der Waals surface area (Å²) < 4.78 is 10.3. The molecule has 1 N–H and O–H groups in total. The van der Waals surface area contributed by atoms with Gasteiger partial charge in [-0.3, -0.25) is 4.79 Å². The highest BCUT2D eigenvalue weighted by Gasteiger charge is 2.21. The molecule has 1 aromatic carbocycles. The maximum absolute atomic E-state index is 12.3. The number of carbonyl (C=O) groups is 2. The molecule has 0 fully saturated rings. The minimum Gasteiger partial charge on any atom is -0.497 e. The number of alkyl carbamates (subject to hydrolysis) is 1. The van der Waals surface area contributed by atoms with Crippen LogP contribution < -0.4 is 10.1 Å². The second-order valence-corrected chi connectivity index (χ2v) is 6.11. The van der Waals surface area contributed by atoms with Gasteiger partial charge in [0.2, 0.25) is 0 Å². The first-order valence-electron chi connectivity index (χ1n) is 7.42. The molecule has 5 nitrogen and oxygen atoms in total. The van der Waals surface area contributed by atoms with Gasteiger partial charge in [-0.1, -0.05) is 19.1 Å². The van der Waals surface area contributed by atoms with Crippen molar-refractivity contribution in [2.45, 2.75) is 52.2 Å². The second-order valence-electron chi connectivity index (χ2n) is 6.11. The van der Waals surface area contributed by atoms with Crippen LogP contribution in [-0.4, -0.2) is 30.6 Å². The standard InChI is InChI=1S/C17H25NO4/c1-6-13(18-16(20)22-17(2,3)4)11-15(19)12-8-7-9-14(10-12)21-5/h7-10,13H,6,11H2,1-5H3,(H,18,20). The molecule has 0 saturated heterocycles. The van der Waals surface area contributed by atoms with Gasteiger partial charge in [0.05, 0.1) is 7.11 Å².